The largest absolute Gasteiger partial charge is 0.496 e. The van der Waals surface area contributed by atoms with Gasteiger partial charge in [-0.1, -0.05) is 18.2 Å². The molecule has 0 saturated carbocycles. The van der Waals surface area contributed by atoms with Crippen LogP contribution in [0.3, 0.4) is 0 Å². The fourth-order valence-electron chi connectivity index (χ4n) is 3.21. The summed E-state index contributed by atoms with van der Waals surface area (Å²) in [4.78, 5) is 6.62. The van der Waals surface area contributed by atoms with E-state index in [1.165, 1.54) is 18.4 Å². The molecule has 124 valence electrons. The highest BCUT2D eigenvalue weighted by Crippen LogP contribution is 2.31. The number of hydrogen-bond acceptors (Lipinski definition) is 5. The van der Waals surface area contributed by atoms with Gasteiger partial charge in [0.1, 0.15) is 17.5 Å². The second-order valence-electron chi connectivity index (χ2n) is 5.93. The average Bonchev–Trinajstić information content (AvgIpc) is 3.17. The van der Waals surface area contributed by atoms with E-state index in [1.54, 1.807) is 19.4 Å². The number of hydrogen-bond donors (Lipinski definition) is 1. The van der Waals surface area contributed by atoms with Gasteiger partial charge in [0.2, 0.25) is 0 Å². The van der Waals surface area contributed by atoms with Crippen molar-refractivity contribution < 1.29 is 4.74 Å². The highest BCUT2D eigenvalue weighted by Gasteiger charge is 2.25. The van der Waals surface area contributed by atoms with Crippen LogP contribution in [0.5, 0.6) is 5.75 Å². The van der Waals surface area contributed by atoms with Crippen LogP contribution in [0.4, 0.5) is 5.69 Å². The van der Waals surface area contributed by atoms with Gasteiger partial charge >= 0.3 is 0 Å². The molecule has 0 bridgehead atoms. The Morgan fingerprint density at radius 2 is 2.04 bits per heavy atom. The van der Waals surface area contributed by atoms with Crippen molar-refractivity contribution in [3.63, 3.8) is 0 Å². The number of likely N-dealkylation sites (tertiary alicyclic amines) is 1. The molecule has 1 aromatic carbocycles. The zero-order valence-electron chi connectivity index (χ0n) is 13.9. The molecule has 1 aromatic heterocycles. The highest BCUT2D eigenvalue weighted by molar-refractivity contribution is 5.44. The molecule has 1 atom stereocenters. The molecule has 1 aliphatic heterocycles. The fraction of sp³-hybridized carbons (Fsp3) is 0.368. The first-order chi connectivity index (χ1) is 11.8. The van der Waals surface area contributed by atoms with Gasteiger partial charge in [-0.15, -0.1) is 0 Å². The predicted molar refractivity (Wildman–Crippen MR) is 94.0 cm³/mol. The molecule has 5 heteroatoms. The molecule has 3 rings (SSSR count). The molecular formula is C19H22N4O. The maximum atomic E-state index is 8.84. The van der Waals surface area contributed by atoms with Gasteiger partial charge in [-0.2, -0.15) is 5.26 Å². The molecule has 1 aliphatic rings. The van der Waals surface area contributed by atoms with Crippen molar-refractivity contribution in [1.29, 1.82) is 5.26 Å². The molecule has 2 heterocycles. The summed E-state index contributed by atoms with van der Waals surface area (Å²) in [5.74, 6) is 0.925. The molecule has 1 fully saturated rings. The Bertz CT molecular complexity index is 702. The van der Waals surface area contributed by atoms with E-state index in [1.807, 2.05) is 24.3 Å². The number of para-hydroxylation sites is 1. The maximum absolute atomic E-state index is 8.84. The number of ether oxygens (including phenoxy) is 1. The minimum Gasteiger partial charge on any atom is -0.496 e. The van der Waals surface area contributed by atoms with Crippen molar-refractivity contribution in [2.24, 2.45) is 0 Å². The van der Waals surface area contributed by atoms with E-state index in [0.29, 0.717) is 5.69 Å². The van der Waals surface area contributed by atoms with Gasteiger partial charge in [0, 0.05) is 12.1 Å². The normalized spacial score (nSPS) is 15.7. The van der Waals surface area contributed by atoms with Crippen LogP contribution in [0.25, 0.3) is 0 Å². The first-order valence-corrected chi connectivity index (χ1v) is 8.29. The SMILES string of the molecule is COc1ccccc1C(CNc1ccc(C#N)nc1)N1CCCC1. The minimum absolute atomic E-state index is 0.249. The number of nitriles is 1. The Morgan fingerprint density at radius 1 is 1.25 bits per heavy atom. The summed E-state index contributed by atoms with van der Waals surface area (Å²) < 4.78 is 5.57. The van der Waals surface area contributed by atoms with Gasteiger partial charge in [0.05, 0.1) is 25.0 Å². The van der Waals surface area contributed by atoms with Crippen LogP contribution in [0, 0.1) is 11.3 Å². The molecule has 2 aromatic rings. The standard InChI is InChI=1S/C19H22N4O/c1-24-19-7-3-2-6-17(19)18(23-10-4-5-11-23)14-22-16-9-8-15(12-20)21-13-16/h2-3,6-9,13,18,22H,4-5,10-11,14H2,1H3. The monoisotopic (exact) mass is 322 g/mol. The van der Waals surface area contributed by atoms with Gasteiger partial charge in [-0.05, 0) is 44.1 Å². The summed E-state index contributed by atoms with van der Waals surface area (Å²) in [5, 5.41) is 12.3. The molecule has 1 saturated heterocycles. The van der Waals surface area contributed by atoms with E-state index in [4.69, 9.17) is 10.00 Å². The number of nitrogens with zero attached hydrogens (tertiary/aromatic N) is 3. The van der Waals surface area contributed by atoms with Gasteiger partial charge in [-0.25, -0.2) is 4.98 Å². The summed E-state index contributed by atoms with van der Waals surface area (Å²) in [5.41, 5.74) is 2.56. The molecular weight excluding hydrogens is 300 g/mol. The number of anilines is 1. The predicted octanol–water partition coefficient (Wildman–Crippen LogP) is 3.21. The summed E-state index contributed by atoms with van der Waals surface area (Å²) in [6, 6.07) is 14.1. The Kier molecular flexibility index (Phi) is 5.29. The zero-order chi connectivity index (χ0) is 16.8. The van der Waals surface area contributed by atoms with E-state index in [2.05, 4.69) is 27.3 Å². The maximum Gasteiger partial charge on any atom is 0.140 e. The average molecular weight is 322 g/mol. The lowest BCUT2D eigenvalue weighted by Gasteiger charge is -2.29. The van der Waals surface area contributed by atoms with Crippen LogP contribution in [-0.2, 0) is 0 Å². The van der Waals surface area contributed by atoms with Crippen LogP contribution >= 0.6 is 0 Å². The van der Waals surface area contributed by atoms with Gasteiger partial charge < -0.3 is 10.1 Å². The van der Waals surface area contributed by atoms with E-state index < -0.39 is 0 Å². The first kappa shape index (κ1) is 16.3. The number of pyridine rings is 1. The van der Waals surface area contributed by atoms with Crippen molar-refractivity contribution in [3.05, 3.63) is 53.9 Å². The molecule has 0 aliphatic carbocycles. The van der Waals surface area contributed by atoms with Crippen molar-refractivity contribution in [2.45, 2.75) is 18.9 Å². The van der Waals surface area contributed by atoms with Crippen LogP contribution < -0.4 is 10.1 Å². The molecule has 0 amide bonds. The van der Waals surface area contributed by atoms with E-state index in [9.17, 15) is 0 Å². The number of benzene rings is 1. The number of methoxy groups -OCH3 is 1. The van der Waals surface area contributed by atoms with E-state index in [-0.39, 0.29) is 6.04 Å². The zero-order valence-corrected chi connectivity index (χ0v) is 13.9. The first-order valence-electron chi connectivity index (χ1n) is 8.29. The fourth-order valence-corrected chi connectivity index (χ4v) is 3.21. The molecule has 0 radical (unpaired) electrons. The molecule has 5 nitrogen and oxygen atoms in total. The van der Waals surface area contributed by atoms with Crippen molar-refractivity contribution in [3.8, 4) is 11.8 Å². The lowest BCUT2D eigenvalue weighted by atomic mass is 10.0. The minimum atomic E-state index is 0.249. The third-order valence-electron chi connectivity index (χ3n) is 4.46. The topological polar surface area (TPSA) is 61.2 Å². The molecule has 1 unspecified atom stereocenters. The van der Waals surface area contributed by atoms with Crippen molar-refractivity contribution in [2.75, 3.05) is 32.1 Å². The Balaban J connectivity index is 1.78. The number of rotatable bonds is 6. The highest BCUT2D eigenvalue weighted by atomic mass is 16.5. The third kappa shape index (κ3) is 3.66. The Hall–Kier alpha value is -2.58. The smallest absolute Gasteiger partial charge is 0.140 e. The van der Waals surface area contributed by atoms with Gasteiger partial charge in [0.15, 0.2) is 0 Å². The molecule has 24 heavy (non-hydrogen) atoms. The summed E-state index contributed by atoms with van der Waals surface area (Å²) in [6.45, 7) is 2.99. The number of aromatic nitrogens is 1. The summed E-state index contributed by atoms with van der Waals surface area (Å²) in [6.07, 6.45) is 4.19. The third-order valence-corrected chi connectivity index (χ3v) is 4.46. The van der Waals surface area contributed by atoms with Crippen LogP contribution in [0.2, 0.25) is 0 Å². The second-order valence-corrected chi connectivity index (χ2v) is 5.93. The van der Waals surface area contributed by atoms with Crippen molar-refractivity contribution >= 4 is 5.69 Å². The van der Waals surface area contributed by atoms with Crippen molar-refractivity contribution in [1.82, 2.24) is 9.88 Å². The number of nitrogens with one attached hydrogen (secondary N) is 1. The van der Waals surface area contributed by atoms with Crippen LogP contribution in [0.1, 0.15) is 30.1 Å². The van der Waals surface area contributed by atoms with E-state index in [0.717, 1.165) is 31.1 Å². The lowest BCUT2D eigenvalue weighted by Crippen LogP contribution is -2.31. The van der Waals surface area contributed by atoms with Crippen LogP contribution in [0.15, 0.2) is 42.6 Å². The van der Waals surface area contributed by atoms with Crippen LogP contribution in [-0.4, -0.2) is 36.6 Å². The Morgan fingerprint density at radius 3 is 2.71 bits per heavy atom. The summed E-state index contributed by atoms with van der Waals surface area (Å²) >= 11 is 0. The van der Waals surface area contributed by atoms with Gasteiger partial charge in [0.25, 0.3) is 0 Å². The van der Waals surface area contributed by atoms with Gasteiger partial charge in [-0.3, -0.25) is 4.90 Å². The second kappa shape index (κ2) is 7.80. The van der Waals surface area contributed by atoms with E-state index >= 15 is 0 Å². The summed E-state index contributed by atoms with van der Waals surface area (Å²) in [7, 11) is 1.72. The molecule has 1 N–H and O–H groups in total. The Labute approximate surface area is 142 Å². The lowest BCUT2D eigenvalue weighted by molar-refractivity contribution is 0.249. The molecule has 0 spiro atoms. The quantitative estimate of drug-likeness (QED) is 0.885.